The van der Waals surface area contributed by atoms with Gasteiger partial charge >= 0.3 is 0 Å². The van der Waals surface area contributed by atoms with Gasteiger partial charge in [0.2, 0.25) is 5.91 Å². The Kier molecular flexibility index (Phi) is 8.53. The second-order valence-corrected chi connectivity index (χ2v) is 6.26. The van der Waals surface area contributed by atoms with Crippen molar-refractivity contribution in [1.82, 2.24) is 0 Å². The summed E-state index contributed by atoms with van der Waals surface area (Å²) in [6.45, 7) is 5.86. The third kappa shape index (κ3) is 6.43. The number of benzene rings is 2. The van der Waals surface area contributed by atoms with Gasteiger partial charge in [0, 0.05) is 17.9 Å². The Morgan fingerprint density at radius 1 is 0.962 bits per heavy atom. The number of rotatable bonds is 11. The van der Waals surface area contributed by atoms with Crippen molar-refractivity contribution < 1.29 is 9.53 Å². The van der Waals surface area contributed by atoms with Gasteiger partial charge in [-0.25, -0.2) is 0 Å². The van der Waals surface area contributed by atoms with E-state index >= 15 is 0 Å². The van der Waals surface area contributed by atoms with Gasteiger partial charge in [0.05, 0.1) is 13.2 Å². The first-order valence-corrected chi connectivity index (χ1v) is 9.56. The van der Waals surface area contributed by atoms with Crippen molar-refractivity contribution in [3.05, 3.63) is 54.6 Å². The van der Waals surface area contributed by atoms with Gasteiger partial charge in [-0.2, -0.15) is 0 Å². The first-order chi connectivity index (χ1) is 12.7. The fourth-order valence-corrected chi connectivity index (χ4v) is 2.77. The van der Waals surface area contributed by atoms with Gasteiger partial charge in [-0.15, -0.1) is 0 Å². The zero-order valence-corrected chi connectivity index (χ0v) is 15.9. The quantitative estimate of drug-likeness (QED) is 0.570. The highest BCUT2D eigenvalue weighted by molar-refractivity contribution is 5.96. The summed E-state index contributed by atoms with van der Waals surface area (Å²) in [5, 5.41) is 3.19. The third-order valence-electron chi connectivity index (χ3n) is 4.25. The number of ether oxygens (including phenoxy) is 1. The largest absolute Gasteiger partial charge is 0.494 e. The summed E-state index contributed by atoms with van der Waals surface area (Å²) in [4.78, 5) is 14.3. The maximum absolute atomic E-state index is 12.5. The van der Waals surface area contributed by atoms with Crippen molar-refractivity contribution in [2.24, 2.45) is 0 Å². The molecule has 0 aliphatic carbocycles. The van der Waals surface area contributed by atoms with Crippen LogP contribution in [0.4, 0.5) is 11.4 Å². The van der Waals surface area contributed by atoms with Crippen LogP contribution in [-0.2, 0) is 4.79 Å². The predicted molar refractivity (Wildman–Crippen MR) is 109 cm³/mol. The summed E-state index contributed by atoms with van der Waals surface area (Å²) in [6, 6.07) is 17.5. The van der Waals surface area contributed by atoms with E-state index in [0.29, 0.717) is 6.54 Å². The highest BCUT2D eigenvalue weighted by atomic mass is 16.5. The van der Waals surface area contributed by atoms with Crippen LogP contribution >= 0.6 is 0 Å². The average molecular weight is 354 g/mol. The molecule has 0 saturated carbocycles. The molecule has 0 aromatic heterocycles. The molecule has 0 aliphatic heterocycles. The van der Waals surface area contributed by atoms with Gasteiger partial charge in [-0.1, -0.05) is 44.4 Å². The fourth-order valence-electron chi connectivity index (χ4n) is 2.77. The van der Waals surface area contributed by atoms with E-state index in [2.05, 4.69) is 12.2 Å². The molecule has 0 fully saturated rings. The van der Waals surface area contributed by atoms with E-state index in [1.165, 1.54) is 19.3 Å². The zero-order valence-electron chi connectivity index (χ0n) is 15.9. The second kappa shape index (κ2) is 11.2. The molecule has 26 heavy (non-hydrogen) atoms. The molecule has 1 amide bonds. The number of carbonyl (C=O) groups is 1. The molecule has 0 spiro atoms. The first-order valence-electron chi connectivity index (χ1n) is 9.56. The molecular formula is C22H30N2O2. The van der Waals surface area contributed by atoms with Gasteiger partial charge in [0.15, 0.2) is 0 Å². The lowest BCUT2D eigenvalue weighted by Gasteiger charge is -2.21. The number of carbonyl (C=O) groups excluding carboxylic acids is 1. The van der Waals surface area contributed by atoms with Gasteiger partial charge in [0.25, 0.3) is 0 Å². The number of anilines is 2. The zero-order chi connectivity index (χ0) is 18.6. The minimum absolute atomic E-state index is 0.0509. The molecule has 0 atom stereocenters. The predicted octanol–water partition coefficient (Wildman–Crippen LogP) is 5.11. The molecule has 4 nitrogen and oxygen atoms in total. The highest BCUT2D eigenvalue weighted by Gasteiger charge is 2.13. The Bertz CT molecular complexity index is 641. The monoisotopic (exact) mass is 354 g/mol. The summed E-state index contributed by atoms with van der Waals surface area (Å²) in [6.07, 6.45) is 4.80. The number of hydrogen-bond acceptors (Lipinski definition) is 3. The van der Waals surface area contributed by atoms with Gasteiger partial charge < -0.3 is 15.0 Å². The third-order valence-corrected chi connectivity index (χ3v) is 4.25. The normalized spacial score (nSPS) is 10.4. The summed E-state index contributed by atoms with van der Waals surface area (Å²) in [5.74, 6) is 0.924. The molecule has 4 heteroatoms. The SMILES string of the molecule is CCCCCCOc1ccc(NCC(=O)N(CC)c2ccccc2)cc1. The van der Waals surface area contributed by atoms with E-state index in [-0.39, 0.29) is 12.5 Å². The summed E-state index contributed by atoms with van der Waals surface area (Å²) < 4.78 is 5.74. The summed E-state index contributed by atoms with van der Waals surface area (Å²) in [7, 11) is 0. The molecule has 0 saturated heterocycles. The van der Waals surface area contributed by atoms with Crippen LogP contribution in [0, 0.1) is 0 Å². The smallest absolute Gasteiger partial charge is 0.246 e. The molecule has 1 N–H and O–H groups in total. The lowest BCUT2D eigenvalue weighted by Crippen LogP contribution is -2.35. The molecule has 2 aromatic carbocycles. The minimum Gasteiger partial charge on any atom is -0.494 e. The number of likely N-dealkylation sites (N-methyl/N-ethyl adjacent to an activating group) is 1. The molecule has 2 aromatic rings. The number of para-hydroxylation sites is 1. The van der Waals surface area contributed by atoms with Crippen LogP contribution < -0.4 is 15.0 Å². The Hall–Kier alpha value is -2.49. The van der Waals surface area contributed by atoms with Crippen molar-refractivity contribution >= 4 is 17.3 Å². The second-order valence-electron chi connectivity index (χ2n) is 6.26. The number of unbranched alkanes of at least 4 members (excludes halogenated alkanes) is 3. The van der Waals surface area contributed by atoms with E-state index in [4.69, 9.17) is 4.74 Å². The van der Waals surface area contributed by atoms with Gasteiger partial charge in [-0.3, -0.25) is 4.79 Å². The molecule has 0 radical (unpaired) electrons. The number of nitrogens with one attached hydrogen (secondary N) is 1. The van der Waals surface area contributed by atoms with Crippen molar-refractivity contribution in [2.75, 3.05) is 29.9 Å². The number of hydrogen-bond donors (Lipinski definition) is 1. The summed E-state index contributed by atoms with van der Waals surface area (Å²) >= 11 is 0. The first kappa shape index (κ1) is 19.8. The minimum atomic E-state index is 0.0509. The fraction of sp³-hybridized carbons (Fsp3) is 0.409. The van der Waals surface area contributed by atoms with Crippen LogP contribution in [0.1, 0.15) is 39.5 Å². The Labute approximate surface area is 157 Å². The molecule has 0 bridgehead atoms. The Morgan fingerprint density at radius 2 is 1.69 bits per heavy atom. The maximum Gasteiger partial charge on any atom is 0.246 e. The molecule has 0 heterocycles. The van der Waals surface area contributed by atoms with Crippen LogP contribution in [0.3, 0.4) is 0 Å². The molecule has 0 aliphatic rings. The van der Waals surface area contributed by atoms with E-state index in [1.807, 2.05) is 61.5 Å². The van der Waals surface area contributed by atoms with Crippen LogP contribution in [0.2, 0.25) is 0 Å². The lowest BCUT2D eigenvalue weighted by molar-refractivity contribution is -0.116. The molecule has 0 unspecified atom stereocenters. The highest BCUT2D eigenvalue weighted by Crippen LogP contribution is 2.17. The van der Waals surface area contributed by atoms with E-state index in [1.54, 1.807) is 4.90 Å². The molecular weight excluding hydrogens is 324 g/mol. The lowest BCUT2D eigenvalue weighted by atomic mass is 10.2. The van der Waals surface area contributed by atoms with Gasteiger partial charge in [0.1, 0.15) is 5.75 Å². The van der Waals surface area contributed by atoms with Crippen molar-refractivity contribution in [2.45, 2.75) is 39.5 Å². The van der Waals surface area contributed by atoms with Crippen molar-refractivity contribution in [3.63, 3.8) is 0 Å². The van der Waals surface area contributed by atoms with E-state index in [9.17, 15) is 4.79 Å². The summed E-state index contributed by atoms with van der Waals surface area (Å²) in [5.41, 5.74) is 1.84. The topological polar surface area (TPSA) is 41.6 Å². The van der Waals surface area contributed by atoms with Crippen molar-refractivity contribution in [3.8, 4) is 5.75 Å². The molecule has 140 valence electrons. The van der Waals surface area contributed by atoms with Crippen LogP contribution in [0.15, 0.2) is 54.6 Å². The van der Waals surface area contributed by atoms with Crippen LogP contribution in [-0.4, -0.2) is 25.6 Å². The van der Waals surface area contributed by atoms with Crippen LogP contribution in [0.5, 0.6) is 5.75 Å². The van der Waals surface area contributed by atoms with Gasteiger partial charge in [-0.05, 0) is 49.7 Å². The van der Waals surface area contributed by atoms with Crippen molar-refractivity contribution in [1.29, 1.82) is 0 Å². The number of nitrogens with zero attached hydrogens (tertiary/aromatic N) is 1. The Balaban J connectivity index is 1.79. The number of amides is 1. The van der Waals surface area contributed by atoms with E-state index in [0.717, 1.165) is 30.2 Å². The Morgan fingerprint density at radius 3 is 2.35 bits per heavy atom. The van der Waals surface area contributed by atoms with E-state index < -0.39 is 0 Å². The standard InChI is InChI=1S/C22H30N2O2/c1-3-5-6-10-17-26-21-15-13-19(14-16-21)23-18-22(25)24(4-2)20-11-8-7-9-12-20/h7-9,11-16,23H,3-6,10,17-18H2,1-2H3. The maximum atomic E-state index is 12.5. The van der Waals surface area contributed by atoms with Crippen LogP contribution in [0.25, 0.3) is 0 Å². The molecule has 2 rings (SSSR count). The average Bonchev–Trinajstić information content (AvgIpc) is 2.68.